The van der Waals surface area contributed by atoms with Gasteiger partial charge in [-0.3, -0.25) is 9.80 Å². The summed E-state index contributed by atoms with van der Waals surface area (Å²) in [4.78, 5) is 5.29. The Balaban J connectivity index is 1.71. The Hall–Kier alpha value is -1.34. The molecule has 3 rings (SSSR count). The highest BCUT2D eigenvalue weighted by Crippen LogP contribution is 2.22. The van der Waals surface area contributed by atoms with Gasteiger partial charge >= 0.3 is 0 Å². The minimum absolute atomic E-state index is 0.426. The van der Waals surface area contributed by atoms with Crippen LogP contribution in [0.4, 0.5) is 0 Å². The Morgan fingerprint density at radius 2 is 2.00 bits per heavy atom. The number of hydrogen-bond donors (Lipinski definition) is 1. The molecule has 0 spiro atoms. The molecule has 21 heavy (non-hydrogen) atoms. The number of fused-ring (bicyclic) bond motifs is 1. The van der Waals surface area contributed by atoms with Crippen molar-refractivity contribution in [2.45, 2.75) is 31.8 Å². The normalized spacial score (nSPS) is 23.2. The Bertz CT molecular complexity index is 529. The van der Waals surface area contributed by atoms with Crippen LogP contribution in [0.1, 0.15) is 30.4 Å². The van der Waals surface area contributed by atoms with Gasteiger partial charge in [-0.25, -0.2) is 0 Å². The van der Waals surface area contributed by atoms with E-state index in [9.17, 15) is 0 Å². The summed E-state index contributed by atoms with van der Waals surface area (Å²) in [6.45, 7) is 6.42. The van der Waals surface area contributed by atoms with Gasteiger partial charge in [0.15, 0.2) is 0 Å². The fourth-order valence-corrected chi connectivity index (χ4v) is 3.59. The summed E-state index contributed by atoms with van der Waals surface area (Å²) in [5.41, 5.74) is 7.97. The van der Waals surface area contributed by atoms with Crippen molar-refractivity contribution in [1.82, 2.24) is 9.80 Å². The summed E-state index contributed by atoms with van der Waals surface area (Å²) >= 11 is 0. The van der Waals surface area contributed by atoms with Crippen LogP contribution < -0.4 is 5.73 Å². The fourth-order valence-electron chi connectivity index (χ4n) is 3.59. The molecule has 2 aliphatic rings. The maximum absolute atomic E-state index is 5.50. The minimum atomic E-state index is 0.426. The summed E-state index contributed by atoms with van der Waals surface area (Å²) in [5, 5.41) is 0. The predicted molar refractivity (Wildman–Crippen MR) is 86.9 cm³/mol. The molecule has 0 aliphatic carbocycles. The van der Waals surface area contributed by atoms with Crippen LogP contribution in [0.2, 0.25) is 0 Å². The third kappa shape index (κ3) is 3.65. The van der Waals surface area contributed by atoms with Crippen molar-refractivity contribution in [3.05, 3.63) is 35.4 Å². The first-order valence-corrected chi connectivity index (χ1v) is 8.10. The largest absolute Gasteiger partial charge is 0.320 e. The molecule has 0 saturated carbocycles. The zero-order valence-corrected chi connectivity index (χ0v) is 12.7. The highest BCUT2D eigenvalue weighted by atomic mass is 15.3. The van der Waals surface area contributed by atoms with Crippen LogP contribution >= 0.6 is 0 Å². The van der Waals surface area contributed by atoms with Gasteiger partial charge in [0.1, 0.15) is 0 Å². The van der Waals surface area contributed by atoms with Crippen molar-refractivity contribution in [2.24, 2.45) is 5.73 Å². The maximum atomic E-state index is 5.50. The highest BCUT2D eigenvalue weighted by molar-refractivity contribution is 5.41. The lowest BCUT2D eigenvalue weighted by molar-refractivity contribution is 0.215. The second kappa shape index (κ2) is 7.09. The molecule has 1 aromatic carbocycles. The van der Waals surface area contributed by atoms with Gasteiger partial charge in [0.25, 0.3) is 0 Å². The van der Waals surface area contributed by atoms with Gasteiger partial charge in [-0.1, -0.05) is 30.0 Å². The van der Waals surface area contributed by atoms with E-state index in [1.54, 1.807) is 0 Å². The van der Waals surface area contributed by atoms with Gasteiger partial charge in [0.05, 0.1) is 6.54 Å². The lowest BCUT2D eigenvalue weighted by Gasteiger charge is -2.25. The molecule has 2 saturated heterocycles. The van der Waals surface area contributed by atoms with E-state index in [-0.39, 0.29) is 0 Å². The van der Waals surface area contributed by atoms with Crippen LogP contribution in [0.25, 0.3) is 0 Å². The molecule has 1 aromatic rings. The smallest absolute Gasteiger partial charge is 0.0555 e. The van der Waals surface area contributed by atoms with Crippen molar-refractivity contribution in [1.29, 1.82) is 0 Å². The molecule has 112 valence electrons. The molecule has 0 radical (unpaired) electrons. The quantitative estimate of drug-likeness (QED) is 0.838. The van der Waals surface area contributed by atoms with Crippen molar-refractivity contribution in [3.63, 3.8) is 0 Å². The van der Waals surface area contributed by atoms with Crippen molar-refractivity contribution < 1.29 is 0 Å². The molecule has 1 atom stereocenters. The van der Waals surface area contributed by atoms with Gasteiger partial charge in [0.2, 0.25) is 0 Å². The molecular formula is C18H25N3. The summed E-state index contributed by atoms with van der Waals surface area (Å²) < 4.78 is 0. The zero-order chi connectivity index (χ0) is 14.5. The average molecular weight is 283 g/mol. The number of nitrogens with zero attached hydrogens (tertiary/aromatic N) is 2. The monoisotopic (exact) mass is 283 g/mol. The first kappa shape index (κ1) is 14.6. The number of nitrogens with two attached hydrogens (primary N) is 1. The Morgan fingerprint density at radius 3 is 2.90 bits per heavy atom. The second-order valence-corrected chi connectivity index (χ2v) is 6.08. The lowest BCUT2D eigenvalue weighted by atomic mass is 10.1. The summed E-state index contributed by atoms with van der Waals surface area (Å²) in [6, 6.07) is 9.26. The molecule has 2 aliphatic heterocycles. The topological polar surface area (TPSA) is 32.5 Å². The van der Waals surface area contributed by atoms with Gasteiger partial charge in [-0.05, 0) is 50.5 Å². The SMILES string of the molecule is NCC#Cc1ccccc1CN1CCCN2CCCC2C1. The maximum Gasteiger partial charge on any atom is 0.0555 e. The first-order valence-electron chi connectivity index (χ1n) is 8.10. The highest BCUT2D eigenvalue weighted by Gasteiger charge is 2.28. The van der Waals surface area contributed by atoms with Crippen LogP contribution in [-0.4, -0.2) is 48.6 Å². The van der Waals surface area contributed by atoms with Crippen LogP contribution in [0.3, 0.4) is 0 Å². The van der Waals surface area contributed by atoms with Crippen LogP contribution in [0.15, 0.2) is 24.3 Å². The van der Waals surface area contributed by atoms with Crippen LogP contribution in [0.5, 0.6) is 0 Å². The third-order valence-electron chi connectivity index (χ3n) is 4.62. The van der Waals surface area contributed by atoms with E-state index in [2.05, 4.69) is 45.9 Å². The standard InChI is InChI=1S/C18H25N3/c19-10-3-8-16-6-1-2-7-17(16)14-20-11-5-13-21-12-4-9-18(21)15-20/h1-2,6-7,18H,4-5,9-15,19H2. The molecule has 2 heterocycles. The average Bonchev–Trinajstić information content (AvgIpc) is 2.85. The number of rotatable bonds is 2. The fraction of sp³-hybridized carbons (Fsp3) is 0.556. The van der Waals surface area contributed by atoms with Gasteiger partial charge in [-0.15, -0.1) is 0 Å². The van der Waals surface area contributed by atoms with Crippen LogP contribution in [-0.2, 0) is 6.54 Å². The number of hydrogen-bond acceptors (Lipinski definition) is 3. The third-order valence-corrected chi connectivity index (χ3v) is 4.62. The van der Waals surface area contributed by atoms with Crippen molar-refractivity contribution in [3.8, 4) is 11.8 Å². The molecule has 3 nitrogen and oxygen atoms in total. The first-order chi connectivity index (χ1) is 10.4. The molecule has 0 aromatic heterocycles. The predicted octanol–water partition coefficient (Wildman–Crippen LogP) is 1.67. The Labute approximate surface area is 128 Å². The molecule has 3 heteroatoms. The zero-order valence-electron chi connectivity index (χ0n) is 12.7. The lowest BCUT2D eigenvalue weighted by Crippen LogP contribution is -2.36. The van der Waals surface area contributed by atoms with E-state index >= 15 is 0 Å². The Kier molecular flexibility index (Phi) is 4.92. The summed E-state index contributed by atoms with van der Waals surface area (Å²) in [7, 11) is 0. The van der Waals surface area contributed by atoms with Crippen molar-refractivity contribution >= 4 is 0 Å². The molecule has 2 N–H and O–H groups in total. The van der Waals surface area contributed by atoms with Crippen LogP contribution in [0, 0.1) is 11.8 Å². The van der Waals surface area contributed by atoms with E-state index in [1.165, 1.54) is 51.0 Å². The second-order valence-electron chi connectivity index (χ2n) is 6.08. The molecular weight excluding hydrogens is 258 g/mol. The number of benzene rings is 1. The van der Waals surface area contributed by atoms with Gasteiger partial charge in [-0.2, -0.15) is 0 Å². The van der Waals surface area contributed by atoms with Crippen molar-refractivity contribution in [2.75, 3.05) is 32.7 Å². The molecule has 0 bridgehead atoms. The van der Waals surface area contributed by atoms with E-state index in [0.29, 0.717) is 6.54 Å². The molecule has 2 fully saturated rings. The minimum Gasteiger partial charge on any atom is -0.320 e. The van der Waals surface area contributed by atoms with E-state index in [4.69, 9.17) is 5.73 Å². The van der Waals surface area contributed by atoms with Gasteiger partial charge in [0, 0.05) is 24.7 Å². The van der Waals surface area contributed by atoms with E-state index < -0.39 is 0 Å². The van der Waals surface area contributed by atoms with E-state index in [0.717, 1.165) is 18.2 Å². The molecule has 0 amide bonds. The summed E-state index contributed by atoms with van der Waals surface area (Å²) in [6.07, 6.45) is 4.02. The van der Waals surface area contributed by atoms with Gasteiger partial charge < -0.3 is 5.73 Å². The Morgan fingerprint density at radius 1 is 1.14 bits per heavy atom. The van der Waals surface area contributed by atoms with E-state index in [1.807, 2.05) is 0 Å². The molecule has 1 unspecified atom stereocenters. The summed E-state index contributed by atoms with van der Waals surface area (Å²) in [5.74, 6) is 6.19.